The molecule has 0 aliphatic carbocycles. The first-order chi connectivity index (χ1) is 12.7. The first kappa shape index (κ1) is 17.2. The number of halogens is 1. The van der Waals surface area contributed by atoms with Crippen molar-refractivity contribution in [3.05, 3.63) is 70.1 Å². The second-order valence-corrected chi connectivity index (χ2v) is 7.58. The van der Waals surface area contributed by atoms with Crippen LogP contribution in [-0.4, -0.2) is 23.5 Å². The summed E-state index contributed by atoms with van der Waals surface area (Å²) in [4.78, 5) is 17.3. The molecule has 2 N–H and O–H groups in total. The molecule has 2 heterocycles. The van der Waals surface area contributed by atoms with Crippen molar-refractivity contribution in [2.75, 3.05) is 11.9 Å². The monoisotopic (exact) mass is 383 g/mol. The number of thioether (sulfide) groups is 1. The lowest BCUT2D eigenvalue weighted by Gasteiger charge is -2.29. The Morgan fingerprint density at radius 3 is 2.88 bits per heavy atom. The standard InChI is InChI=1S/C20H18ClN3OS/c1-2-22-20(25)14-7-5-6-12-13-10-11-26-18(13)19(24-17(12)14)23-16-9-4-3-8-15(16)21/h3-11,13,18H,2H2,1H3,(H,22,25)(H,23,24). The smallest absolute Gasteiger partial charge is 0.253 e. The van der Waals surface area contributed by atoms with Gasteiger partial charge in [0.25, 0.3) is 5.91 Å². The van der Waals surface area contributed by atoms with Crippen molar-refractivity contribution in [3.63, 3.8) is 0 Å². The molecule has 2 aromatic rings. The normalized spacial score (nSPS) is 20.2. The fourth-order valence-electron chi connectivity index (χ4n) is 3.28. The van der Waals surface area contributed by atoms with Crippen molar-refractivity contribution >= 4 is 46.5 Å². The number of carbonyl (C=O) groups excluding carboxylic acids is 1. The van der Waals surface area contributed by atoms with E-state index < -0.39 is 0 Å². The molecule has 0 radical (unpaired) electrons. The fourth-order valence-corrected chi connectivity index (χ4v) is 4.54. The maximum atomic E-state index is 12.5. The number of hydrogen-bond acceptors (Lipinski definition) is 4. The van der Waals surface area contributed by atoms with E-state index in [1.165, 1.54) is 0 Å². The second kappa shape index (κ2) is 7.17. The number of aliphatic imine (C=N–C) groups is 1. The Bertz CT molecular complexity index is 925. The molecule has 2 aromatic carbocycles. The van der Waals surface area contributed by atoms with Crippen molar-refractivity contribution in [2.45, 2.75) is 18.1 Å². The van der Waals surface area contributed by atoms with Gasteiger partial charge in [0.1, 0.15) is 5.84 Å². The number of fused-ring (bicyclic) bond motifs is 3. The summed E-state index contributed by atoms with van der Waals surface area (Å²) in [5, 5.41) is 9.16. The van der Waals surface area contributed by atoms with E-state index in [4.69, 9.17) is 16.6 Å². The van der Waals surface area contributed by atoms with Crippen molar-refractivity contribution in [2.24, 2.45) is 4.99 Å². The molecule has 0 aromatic heterocycles. The van der Waals surface area contributed by atoms with E-state index >= 15 is 0 Å². The lowest BCUT2D eigenvalue weighted by atomic mass is 9.89. The van der Waals surface area contributed by atoms with E-state index in [-0.39, 0.29) is 17.1 Å². The van der Waals surface area contributed by atoms with Crippen LogP contribution in [0.3, 0.4) is 0 Å². The highest BCUT2D eigenvalue weighted by atomic mass is 35.5. The van der Waals surface area contributed by atoms with Gasteiger partial charge in [-0.25, -0.2) is 4.99 Å². The largest absolute Gasteiger partial charge is 0.352 e. The van der Waals surface area contributed by atoms with Crippen molar-refractivity contribution < 1.29 is 4.79 Å². The molecule has 132 valence electrons. The highest BCUT2D eigenvalue weighted by molar-refractivity contribution is 8.03. The minimum Gasteiger partial charge on any atom is -0.352 e. The number of allylic oxidation sites excluding steroid dienone is 1. The molecular weight excluding hydrogens is 366 g/mol. The molecule has 4 rings (SSSR count). The molecule has 1 amide bonds. The van der Waals surface area contributed by atoms with E-state index in [0.717, 1.165) is 22.8 Å². The number of benzene rings is 2. The third kappa shape index (κ3) is 3.02. The Labute approximate surface area is 161 Å². The van der Waals surface area contributed by atoms with Crippen LogP contribution in [0.4, 0.5) is 11.4 Å². The predicted molar refractivity (Wildman–Crippen MR) is 110 cm³/mol. The van der Waals surface area contributed by atoms with Crippen LogP contribution in [-0.2, 0) is 0 Å². The topological polar surface area (TPSA) is 53.5 Å². The van der Waals surface area contributed by atoms with E-state index in [1.54, 1.807) is 11.8 Å². The molecule has 0 fully saturated rings. The van der Waals surface area contributed by atoms with Crippen LogP contribution in [0.1, 0.15) is 28.8 Å². The van der Waals surface area contributed by atoms with Crippen LogP contribution in [0.25, 0.3) is 0 Å². The second-order valence-electron chi connectivity index (χ2n) is 6.12. The van der Waals surface area contributed by atoms with Gasteiger partial charge in [0.05, 0.1) is 27.2 Å². The molecule has 2 aliphatic heterocycles. The first-order valence-corrected chi connectivity index (χ1v) is 9.84. The third-order valence-electron chi connectivity index (χ3n) is 4.48. The number of rotatable bonds is 3. The Kier molecular flexibility index (Phi) is 4.74. The average molecular weight is 384 g/mol. The predicted octanol–water partition coefficient (Wildman–Crippen LogP) is 4.96. The van der Waals surface area contributed by atoms with E-state index in [0.29, 0.717) is 17.1 Å². The van der Waals surface area contributed by atoms with Gasteiger partial charge in [-0.2, -0.15) is 0 Å². The Morgan fingerprint density at radius 1 is 1.23 bits per heavy atom. The van der Waals surface area contributed by atoms with Crippen LogP contribution in [0.2, 0.25) is 5.02 Å². The lowest BCUT2D eigenvalue weighted by Crippen LogP contribution is -2.32. The van der Waals surface area contributed by atoms with Crippen molar-refractivity contribution in [3.8, 4) is 0 Å². The molecular formula is C20H18ClN3OS. The van der Waals surface area contributed by atoms with Gasteiger partial charge in [-0.05, 0) is 36.1 Å². The number of anilines is 1. The molecule has 4 nitrogen and oxygen atoms in total. The van der Waals surface area contributed by atoms with Gasteiger partial charge in [0, 0.05) is 12.5 Å². The summed E-state index contributed by atoms with van der Waals surface area (Å²) in [6, 6.07) is 13.4. The fraction of sp³-hybridized carbons (Fsp3) is 0.200. The minimum absolute atomic E-state index is 0.0988. The number of amidine groups is 1. The third-order valence-corrected chi connectivity index (χ3v) is 5.94. The number of para-hydroxylation sites is 2. The van der Waals surface area contributed by atoms with Crippen molar-refractivity contribution in [1.29, 1.82) is 0 Å². The van der Waals surface area contributed by atoms with Crippen LogP contribution >= 0.6 is 23.4 Å². The summed E-state index contributed by atoms with van der Waals surface area (Å²) in [6.07, 6.45) is 2.18. The summed E-state index contributed by atoms with van der Waals surface area (Å²) in [5.74, 6) is 0.910. The first-order valence-electron chi connectivity index (χ1n) is 8.52. The lowest BCUT2D eigenvalue weighted by molar-refractivity contribution is 0.0956. The average Bonchev–Trinajstić information content (AvgIpc) is 3.14. The maximum absolute atomic E-state index is 12.5. The zero-order chi connectivity index (χ0) is 18.1. The molecule has 0 bridgehead atoms. The quantitative estimate of drug-likeness (QED) is 0.787. The maximum Gasteiger partial charge on any atom is 0.253 e. The number of nitrogens with one attached hydrogen (secondary N) is 2. The van der Waals surface area contributed by atoms with E-state index in [1.807, 2.05) is 43.3 Å². The molecule has 2 aliphatic rings. The van der Waals surface area contributed by atoms with Gasteiger partial charge >= 0.3 is 0 Å². The summed E-state index contributed by atoms with van der Waals surface area (Å²) < 4.78 is 0. The highest BCUT2D eigenvalue weighted by Gasteiger charge is 2.36. The Morgan fingerprint density at radius 2 is 2.08 bits per heavy atom. The summed E-state index contributed by atoms with van der Waals surface area (Å²) in [5.41, 5.74) is 3.25. The van der Waals surface area contributed by atoms with Gasteiger partial charge in [-0.1, -0.05) is 41.9 Å². The number of amides is 1. The van der Waals surface area contributed by atoms with Crippen LogP contribution in [0.15, 0.2) is 58.9 Å². The zero-order valence-corrected chi connectivity index (χ0v) is 15.8. The van der Waals surface area contributed by atoms with Gasteiger partial charge in [0.15, 0.2) is 0 Å². The highest BCUT2D eigenvalue weighted by Crippen LogP contribution is 2.46. The number of nitrogens with zero attached hydrogens (tertiary/aromatic N) is 1. The molecule has 0 saturated heterocycles. The summed E-state index contributed by atoms with van der Waals surface area (Å²) in [7, 11) is 0. The Balaban J connectivity index is 1.79. The Hall–Kier alpha value is -2.24. The van der Waals surface area contributed by atoms with E-state index in [2.05, 4.69) is 28.2 Å². The molecule has 0 saturated carbocycles. The summed E-state index contributed by atoms with van der Waals surface area (Å²) in [6.45, 7) is 2.49. The summed E-state index contributed by atoms with van der Waals surface area (Å²) >= 11 is 8.04. The number of hydrogen-bond donors (Lipinski definition) is 2. The minimum atomic E-state index is -0.0988. The van der Waals surface area contributed by atoms with Crippen molar-refractivity contribution in [1.82, 2.24) is 5.32 Å². The van der Waals surface area contributed by atoms with Gasteiger partial charge in [-0.3, -0.25) is 4.79 Å². The van der Waals surface area contributed by atoms with Crippen LogP contribution in [0.5, 0.6) is 0 Å². The molecule has 6 heteroatoms. The number of carbonyl (C=O) groups is 1. The molecule has 26 heavy (non-hydrogen) atoms. The SMILES string of the molecule is CCNC(=O)c1cccc2c1N=C(Nc1ccccc1Cl)C1SC=CC21. The molecule has 0 spiro atoms. The van der Waals surface area contributed by atoms with E-state index in [9.17, 15) is 4.79 Å². The molecule has 2 atom stereocenters. The molecule has 2 unspecified atom stereocenters. The van der Waals surface area contributed by atoms with Crippen LogP contribution < -0.4 is 10.6 Å². The van der Waals surface area contributed by atoms with Gasteiger partial charge in [0.2, 0.25) is 0 Å². The van der Waals surface area contributed by atoms with Crippen LogP contribution in [0, 0.1) is 0 Å². The van der Waals surface area contributed by atoms with Gasteiger partial charge in [-0.15, -0.1) is 11.8 Å². The zero-order valence-electron chi connectivity index (χ0n) is 14.2. The van der Waals surface area contributed by atoms with Gasteiger partial charge < -0.3 is 10.6 Å².